The lowest BCUT2D eigenvalue weighted by molar-refractivity contribution is 0.476. The van der Waals surface area contributed by atoms with Crippen LogP contribution >= 0.6 is 0 Å². The van der Waals surface area contributed by atoms with Gasteiger partial charge in [0, 0.05) is 6.04 Å². The molecule has 1 aliphatic rings. The zero-order chi connectivity index (χ0) is 13.2. The molecule has 1 aromatic rings. The summed E-state index contributed by atoms with van der Waals surface area (Å²) in [6, 6.07) is 8.69. The largest absolute Gasteiger partial charge is 0.310 e. The third kappa shape index (κ3) is 3.56. The molecule has 0 bridgehead atoms. The molecule has 1 heterocycles. The van der Waals surface area contributed by atoms with Gasteiger partial charge in [0.05, 0.1) is 11.5 Å². The molecule has 0 aliphatic carbocycles. The Kier molecular flexibility index (Phi) is 4.07. The Morgan fingerprint density at radius 3 is 2.83 bits per heavy atom. The highest BCUT2D eigenvalue weighted by Gasteiger charge is 2.27. The topological polar surface area (TPSA) is 46.2 Å². The van der Waals surface area contributed by atoms with Crippen LogP contribution in [0.25, 0.3) is 0 Å². The molecule has 1 aromatic carbocycles. The molecule has 2 atom stereocenters. The first kappa shape index (κ1) is 13.6. The molecule has 0 saturated carbocycles. The van der Waals surface area contributed by atoms with Gasteiger partial charge in [0.15, 0.2) is 9.84 Å². The fourth-order valence-corrected chi connectivity index (χ4v) is 4.30. The van der Waals surface area contributed by atoms with Crippen molar-refractivity contribution in [1.29, 1.82) is 0 Å². The summed E-state index contributed by atoms with van der Waals surface area (Å²) < 4.78 is 22.7. The van der Waals surface area contributed by atoms with E-state index in [1.165, 1.54) is 11.1 Å². The van der Waals surface area contributed by atoms with Crippen molar-refractivity contribution in [1.82, 2.24) is 5.32 Å². The quantitative estimate of drug-likeness (QED) is 0.908. The second kappa shape index (κ2) is 5.41. The van der Waals surface area contributed by atoms with E-state index in [0.29, 0.717) is 11.5 Å². The zero-order valence-corrected chi connectivity index (χ0v) is 11.8. The van der Waals surface area contributed by atoms with Gasteiger partial charge in [-0.1, -0.05) is 29.8 Å². The van der Waals surface area contributed by atoms with Crippen LogP contribution in [0.5, 0.6) is 0 Å². The molecule has 0 aromatic heterocycles. The zero-order valence-electron chi connectivity index (χ0n) is 11.0. The Bertz CT molecular complexity index is 510. The van der Waals surface area contributed by atoms with Crippen LogP contribution in [0.15, 0.2) is 24.3 Å². The van der Waals surface area contributed by atoms with Crippen molar-refractivity contribution >= 4 is 9.84 Å². The lowest BCUT2D eigenvalue weighted by atomic mass is 10.0. The Hall–Kier alpha value is -0.870. The van der Waals surface area contributed by atoms with Crippen molar-refractivity contribution in [2.45, 2.75) is 26.3 Å². The monoisotopic (exact) mass is 267 g/mol. The highest BCUT2D eigenvalue weighted by Crippen LogP contribution is 2.19. The maximum Gasteiger partial charge on any atom is 0.150 e. The van der Waals surface area contributed by atoms with Crippen LogP contribution in [0.2, 0.25) is 0 Å². The van der Waals surface area contributed by atoms with Crippen LogP contribution in [0.3, 0.4) is 0 Å². The SMILES string of the molecule is Cc1cccc(C(C)NCC2CCS(=O)(=O)C2)c1. The van der Waals surface area contributed by atoms with Crippen LogP contribution < -0.4 is 5.32 Å². The highest BCUT2D eigenvalue weighted by atomic mass is 32.2. The number of sulfone groups is 1. The number of aryl methyl sites for hydroxylation is 1. The normalized spacial score (nSPS) is 24.0. The van der Waals surface area contributed by atoms with E-state index >= 15 is 0 Å². The molecule has 2 unspecified atom stereocenters. The smallest absolute Gasteiger partial charge is 0.150 e. The summed E-state index contributed by atoms with van der Waals surface area (Å²) >= 11 is 0. The molecule has 100 valence electrons. The van der Waals surface area contributed by atoms with Gasteiger partial charge >= 0.3 is 0 Å². The molecule has 1 aliphatic heterocycles. The van der Waals surface area contributed by atoms with Crippen molar-refractivity contribution in [3.8, 4) is 0 Å². The van der Waals surface area contributed by atoms with Crippen LogP contribution in [0.4, 0.5) is 0 Å². The first-order valence-corrected chi connectivity index (χ1v) is 8.29. The van der Waals surface area contributed by atoms with Crippen LogP contribution in [0, 0.1) is 12.8 Å². The summed E-state index contributed by atoms with van der Waals surface area (Å²) in [4.78, 5) is 0. The van der Waals surface area contributed by atoms with E-state index in [4.69, 9.17) is 0 Å². The highest BCUT2D eigenvalue weighted by molar-refractivity contribution is 7.91. The van der Waals surface area contributed by atoms with E-state index in [2.05, 4.69) is 43.4 Å². The molecule has 1 fully saturated rings. The van der Waals surface area contributed by atoms with E-state index in [1.54, 1.807) is 0 Å². The third-order valence-corrected chi connectivity index (χ3v) is 5.42. The van der Waals surface area contributed by atoms with Crippen LogP contribution in [-0.2, 0) is 9.84 Å². The fraction of sp³-hybridized carbons (Fsp3) is 0.571. The molecule has 18 heavy (non-hydrogen) atoms. The molecule has 2 rings (SSSR count). The number of rotatable bonds is 4. The summed E-state index contributed by atoms with van der Waals surface area (Å²) in [5, 5.41) is 3.44. The predicted octanol–water partition coefficient (Wildman–Crippen LogP) is 2.08. The molecule has 3 nitrogen and oxygen atoms in total. The summed E-state index contributed by atoms with van der Waals surface area (Å²) in [6.07, 6.45) is 0.801. The summed E-state index contributed by atoms with van der Waals surface area (Å²) in [5.74, 6) is 0.987. The van der Waals surface area contributed by atoms with Crippen molar-refractivity contribution < 1.29 is 8.42 Å². The lowest BCUT2D eigenvalue weighted by Gasteiger charge is -2.17. The van der Waals surface area contributed by atoms with E-state index in [-0.39, 0.29) is 12.0 Å². The van der Waals surface area contributed by atoms with Crippen molar-refractivity contribution in [3.63, 3.8) is 0 Å². The van der Waals surface area contributed by atoms with Crippen molar-refractivity contribution in [2.24, 2.45) is 5.92 Å². The summed E-state index contributed by atoms with van der Waals surface area (Å²) in [5.41, 5.74) is 2.51. The lowest BCUT2D eigenvalue weighted by Crippen LogP contribution is -2.26. The second-order valence-corrected chi connectivity index (χ2v) is 7.54. The van der Waals surface area contributed by atoms with Gasteiger partial charge in [-0.05, 0) is 38.3 Å². The average Bonchev–Trinajstić information content (AvgIpc) is 2.66. The Balaban J connectivity index is 1.87. The third-order valence-electron chi connectivity index (χ3n) is 3.58. The maximum absolute atomic E-state index is 11.4. The number of hydrogen-bond donors (Lipinski definition) is 1. The van der Waals surface area contributed by atoms with Gasteiger partial charge in [-0.15, -0.1) is 0 Å². The van der Waals surface area contributed by atoms with E-state index in [0.717, 1.165) is 13.0 Å². The minimum absolute atomic E-state index is 0.271. The van der Waals surface area contributed by atoms with Gasteiger partial charge in [0.25, 0.3) is 0 Å². The Morgan fingerprint density at radius 2 is 2.22 bits per heavy atom. The van der Waals surface area contributed by atoms with E-state index in [9.17, 15) is 8.42 Å². The fourth-order valence-electron chi connectivity index (χ4n) is 2.43. The molecular weight excluding hydrogens is 246 g/mol. The molecule has 0 amide bonds. The van der Waals surface area contributed by atoms with E-state index in [1.807, 2.05) is 0 Å². The number of benzene rings is 1. The molecule has 0 radical (unpaired) electrons. The summed E-state index contributed by atoms with van der Waals surface area (Å²) in [7, 11) is -2.75. The number of hydrogen-bond acceptors (Lipinski definition) is 3. The van der Waals surface area contributed by atoms with Crippen molar-refractivity contribution in [3.05, 3.63) is 35.4 Å². The van der Waals surface area contributed by atoms with Gasteiger partial charge < -0.3 is 5.32 Å². The van der Waals surface area contributed by atoms with Gasteiger partial charge in [-0.25, -0.2) is 8.42 Å². The average molecular weight is 267 g/mol. The standard InChI is InChI=1S/C14H21NO2S/c1-11-4-3-5-14(8-11)12(2)15-9-13-6-7-18(16,17)10-13/h3-5,8,12-13,15H,6-7,9-10H2,1-2H3. The Labute approximate surface area is 110 Å². The first-order valence-electron chi connectivity index (χ1n) is 6.47. The second-order valence-electron chi connectivity index (χ2n) is 5.31. The molecule has 4 heteroatoms. The number of nitrogens with one attached hydrogen (secondary N) is 1. The van der Waals surface area contributed by atoms with Gasteiger partial charge in [0.1, 0.15) is 0 Å². The first-order chi connectivity index (χ1) is 8.46. The van der Waals surface area contributed by atoms with Gasteiger partial charge in [-0.2, -0.15) is 0 Å². The molecular formula is C14H21NO2S. The Morgan fingerprint density at radius 1 is 1.44 bits per heavy atom. The van der Waals surface area contributed by atoms with Gasteiger partial charge in [-0.3, -0.25) is 0 Å². The van der Waals surface area contributed by atoms with Crippen LogP contribution in [0.1, 0.15) is 30.5 Å². The van der Waals surface area contributed by atoms with Gasteiger partial charge in [0.2, 0.25) is 0 Å². The minimum atomic E-state index is -2.75. The minimum Gasteiger partial charge on any atom is -0.310 e. The summed E-state index contributed by atoms with van der Waals surface area (Å²) in [6.45, 7) is 4.99. The molecule has 0 spiro atoms. The van der Waals surface area contributed by atoms with E-state index < -0.39 is 9.84 Å². The maximum atomic E-state index is 11.4. The molecule has 1 N–H and O–H groups in total. The predicted molar refractivity (Wildman–Crippen MR) is 74.4 cm³/mol. The van der Waals surface area contributed by atoms with Crippen LogP contribution in [-0.4, -0.2) is 26.5 Å². The van der Waals surface area contributed by atoms with Crippen molar-refractivity contribution in [2.75, 3.05) is 18.1 Å². The molecule has 1 saturated heterocycles.